The number of hydrogen-bond donors (Lipinski definition) is 0. The highest BCUT2D eigenvalue weighted by atomic mass is 19.4. The Labute approximate surface area is 138 Å². The topological polar surface area (TPSA) is 46.6 Å². The molecular weight excluding hydrogens is 349 g/mol. The van der Waals surface area contributed by atoms with Gasteiger partial charge < -0.3 is 0 Å². The lowest BCUT2D eigenvalue weighted by Crippen LogP contribution is -2.63. The summed E-state index contributed by atoms with van der Waals surface area (Å²) in [5, 5.41) is 0. The summed E-state index contributed by atoms with van der Waals surface area (Å²) in [6.07, 6.45) is -5.96. The molecule has 1 atom stereocenters. The molecule has 0 fully saturated rings. The number of alkyl halides is 4. The summed E-state index contributed by atoms with van der Waals surface area (Å²) in [4.78, 5) is 25.9. The number of amides is 1. The van der Waals surface area contributed by atoms with Crippen LogP contribution in [-0.4, -0.2) is 23.8 Å². The van der Waals surface area contributed by atoms with E-state index in [-0.39, 0.29) is 5.56 Å². The molecule has 0 saturated heterocycles. The molecule has 4 nitrogen and oxygen atoms in total. The molecule has 25 heavy (non-hydrogen) atoms. The number of nitrogens with zero attached hydrogens (tertiary/aromatic N) is 1. The number of carbonyl (C=O) groups excluding carboxylic acids is 2. The highest BCUT2D eigenvalue weighted by molar-refractivity contribution is 6.10. The first-order valence-electron chi connectivity index (χ1n) is 6.76. The Morgan fingerprint density at radius 3 is 1.76 bits per heavy atom. The maximum Gasteiger partial charge on any atom is 0.454 e. The van der Waals surface area contributed by atoms with Gasteiger partial charge in [-0.3, -0.25) is 9.69 Å². The number of hydrogen-bond acceptors (Lipinski definition) is 3. The lowest BCUT2D eigenvalue weighted by molar-refractivity contribution is -0.255. The highest BCUT2D eigenvalue weighted by Crippen LogP contribution is 2.41. The summed E-state index contributed by atoms with van der Waals surface area (Å²) in [6, 6.07) is 12.2. The van der Waals surface area contributed by atoms with Gasteiger partial charge in [-0.1, -0.05) is 36.4 Å². The van der Waals surface area contributed by atoms with E-state index in [2.05, 4.69) is 4.94 Å². The first-order valence-corrected chi connectivity index (χ1v) is 6.76. The molecular formula is C16H10F5NO3. The van der Waals surface area contributed by atoms with Crippen LogP contribution in [0, 0.1) is 0 Å². The third-order valence-electron chi connectivity index (χ3n) is 3.26. The largest absolute Gasteiger partial charge is 0.454 e. The molecule has 2 aromatic rings. The van der Waals surface area contributed by atoms with Crippen molar-refractivity contribution in [2.45, 2.75) is 12.0 Å². The van der Waals surface area contributed by atoms with E-state index in [1.807, 2.05) is 0 Å². The Kier molecular flexibility index (Phi) is 5.05. The fourth-order valence-electron chi connectivity index (χ4n) is 2.11. The lowest BCUT2D eigenvalue weighted by atomic mass is 10.1. The second-order valence-electron chi connectivity index (χ2n) is 4.83. The van der Waals surface area contributed by atoms with Crippen molar-refractivity contribution in [3.05, 3.63) is 66.2 Å². The van der Waals surface area contributed by atoms with Gasteiger partial charge >= 0.3 is 17.9 Å². The predicted octanol–water partition coefficient (Wildman–Crippen LogP) is 3.99. The van der Waals surface area contributed by atoms with Gasteiger partial charge in [0.25, 0.3) is 5.91 Å². The SMILES string of the molecule is O=C(c1ccccc1)N(c1ccccc1)[C@](F)(C(=O)OF)C(F)(F)F. The molecule has 9 heteroatoms. The van der Waals surface area contributed by atoms with Crippen molar-refractivity contribution in [2.24, 2.45) is 0 Å². The van der Waals surface area contributed by atoms with E-state index in [1.165, 1.54) is 36.4 Å². The summed E-state index contributed by atoms with van der Waals surface area (Å²) in [5.41, 5.74) is -0.953. The smallest absolute Gasteiger partial charge is 0.269 e. The number of carbonyl (C=O) groups is 2. The third-order valence-corrected chi connectivity index (χ3v) is 3.26. The second-order valence-corrected chi connectivity index (χ2v) is 4.83. The van der Waals surface area contributed by atoms with Crippen molar-refractivity contribution >= 4 is 17.6 Å². The van der Waals surface area contributed by atoms with Gasteiger partial charge in [-0.2, -0.15) is 17.6 Å². The van der Waals surface area contributed by atoms with Crippen LogP contribution in [0.5, 0.6) is 0 Å². The minimum Gasteiger partial charge on any atom is -0.269 e. The van der Waals surface area contributed by atoms with Crippen LogP contribution < -0.4 is 4.90 Å². The van der Waals surface area contributed by atoms with E-state index in [4.69, 9.17) is 0 Å². The van der Waals surface area contributed by atoms with E-state index in [1.54, 1.807) is 0 Å². The number of rotatable bonds is 4. The van der Waals surface area contributed by atoms with Crippen LogP contribution in [0.15, 0.2) is 60.7 Å². The zero-order valence-corrected chi connectivity index (χ0v) is 12.3. The molecule has 0 aliphatic carbocycles. The highest BCUT2D eigenvalue weighted by Gasteiger charge is 2.70. The molecule has 132 valence electrons. The summed E-state index contributed by atoms with van der Waals surface area (Å²) >= 11 is 0. The van der Waals surface area contributed by atoms with Crippen LogP contribution in [0.3, 0.4) is 0 Å². The normalized spacial score (nSPS) is 13.6. The number of anilines is 1. The quantitative estimate of drug-likeness (QED) is 0.613. The minimum absolute atomic E-state index is 0.343. The van der Waals surface area contributed by atoms with Crippen molar-refractivity contribution in [2.75, 3.05) is 4.90 Å². The fourth-order valence-corrected chi connectivity index (χ4v) is 2.11. The zero-order chi connectivity index (χ0) is 18.7. The molecule has 0 aliphatic rings. The standard InChI is InChI=1S/C16H10F5NO3/c17-15(14(24)25-21,16(18,19)20)22(12-9-5-2-6-10-12)13(23)11-7-3-1-4-8-11/h1-10H/t15-/m1/s1. The molecule has 2 rings (SSSR count). The summed E-state index contributed by atoms with van der Waals surface area (Å²) < 4.78 is 67.0. The lowest BCUT2D eigenvalue weighted by Gasteiger charge is -2.35. The first kappa shape index (κ1) is 18.4. The first-order chi connectivity index (χ1) is 11.7. The number of halogens is 5. The third kappa shape index (κ3) is 3.30. The van der Waals surface area contributed by atoms with Crippen molar-refractivity contribution in [1.29, 1.82) is 0 Å². The molecule has 0 bridgehead atoms. The molecule has 0 spiro atoms. The zero-order valence-electron chi connectivity index (χ0n) is 12.3. The van der Waals surface area contributed by atoms with Crippen molar-refractivity contribution in [1.82, 2.24) is 0 Å². The molecule has 0 aliphatic heterocycles. The fraction of sp³-hybridized carbons (Fsp3) is 0.125. The van der Waals surface area contributed by atoms with Gasteiger partial charge in [0.15, 0.2) is 0 Å². The summed E-state index contributed by atoms with van der Waals surface area (Å²) in [7, 11) is 0. The van der Waals surface area contributed by atoms with E-state index >= 15 is 0 Å². The van der Waals surface area contributed by atoms with Gasteiger partial charge in [0.1, 0.15) is 0 Å². The molecule has 0 saturated carbocycles. The maximum atomic E-state index is 14.8. The van der Waals surface area contributed by atoms with Crippen LogP contribution in [0.4, 0.5) is 27.8 Å². The average molecular weight is 359 g/mol. The molecule has 0 heterocycles. The number of benzene rings is 2. The van der Waals surface area contributed by atoms with E-state index < -0.39 is 34.4 Å². The Balaban J connectivity index is 2.70. The van der Waals surface area contributed by atoms with Crippen LogP contribution >= 0.6 is 0 Å². The Morgan fingerprint density at radius 1 is 0.840 bits per heavy atom. The van der Waals surface area contributed by atoms with E-state index in [9.17, 15) is 31.7 Å². The van der Waals surface area contributed by atoms with Crippen LogP contribution in [0.25, 0.3) is 0 Å². The van der Waals surface area contributed by atoms with Gasteiger partial charge in [-0.15, -0.1) is 0 Å². The summed E-state index contributed by atoms with van der Waals surface area (Å²) in [5.74, 6) is -9.47. The molecule has 0 N–H and O–H groups in total. The molecule has 0 unspecified atom stereocenters. The summed E-state index contributed by atoms with van der Waals surface area (Å²) in [6.45, 7) is 0. The van der Waals surface area contributed by atoms with Crippen LogP contribution in [0.1, 0.15) is 10.4 Å². The maximum absolute atomic E-state index is 14.8. The predicted molar refractivity (Wildman–Crippen MR) is 76.8 cm³/mol. The Morgan fingerprint density at radius 2 is 1.32 bits per heavy atom. The Hall–Kier alpha value is -2.97. The van der Waals surface area contributed by atoms with Gasteiger partial charge in [0.05, 0.1) is 0 Å². The molecule has 0 radical (unpaired) electrons. The van der Waals surface area contributed by atoms with E-state index in [0.29, 0.717) is 0 Å². The van der Waals surface area contributed by atoms with Gasteiger partial charge in [0.2, 0.25) is 0 Å². The van der Waals surface area contributed by atoms with Gasteiger partial charge in [-0.25, -0.2) is 9.74 Å². The molecule has 1 amide bonds. The van der Waals surface area contributed by atoms with Crippen molar-refractivity contribution in [3.63, 3.8) is 0 Å². The minimum atomic E-state index is -5.96. The molecule has 2 aromatic carbocycles. The van der Waals surface area contributed by atoms with Crippen LogP contribution in [0.2, 0.25) is 0 Å². The monoisotopic (exact) mass is 359 g/mol. The van der Waals surface area contributed by atoms with Crippen LogP contribution in [-0.2, 0) is 9.74 Å². The Bertz CT molecular complexity index is 751. The number of para-hydroxylation sites is 1. The second kappa shape index (κ2) is 6.88. The van der Waals surface area contributed by atoms with Gasteiger partial charge in [-0.05, 0) is 24.3 Å². The van der Waals surface area contributed by atoms with Crippen molar-refractivity contribution in [3.8, 4) is 0 Å². The van der Waals surface area contributed by atoms with Crippen molar-refractivity contribution < 1.29 is 36.6 Å². The van der Waals surface area contributed by atoms with E-state index in [0.717, 1.165) is 24.3 Å². The molecule has 0 aromatic heterocycles. The van der Waals surface area contributed by atoms with Gasteiger partial charge in [0, 0.05) is 15.8 Å². The average Bonchev–Trinajstić information content (AvgIpc) is 2.61.